The number of aromatic nitrogens is 4. The Kier molecular flexibility index (Phi) is 5.41. The number of carbonyl (C=O) groups excluding carboxylic acids is 1. The van der Waals surface area contributed by atoms with Gasteiger partial charge >= 0.3 is 0 Å². The van der Waals surface area contributed by atoms with Crippen LogP contribution in [0.25, 0.3) is 0 Å². The van der Waals surface area contributed by atoms with Crippen molar-refractivity contribution >= 4 is 5.91 Å². The van der Waals surface area contributed by atoms with Crippen molar-refractivity contribution in [1.82, 2.24) is 24.4 Å². The molecule has 1 amide bonds. The summed E-state index contributed by atoms with van der Waals surface area (Å²) in [4.78, 5) is 27.7. The molecule has 4 rings (SSSR count). The third-order valence-corrected chi connectivity index (χ3v) is 5.03. The predicted octanol–water partition coefficient (Wildman–Crippen LogP) is 3.03. The van der Waals surface area contributed by atoms with Crippen LogP contribution in [0.5, 0.6) is 17.4 Å². The fourth-order valence-electron chi connectivity index (χ4n) is 3.51. The minimum atomic E-state index is -0.0565. The van der Waals surface area contributed by atoms with Gasteiger partial charge in [-0.3, -0.25) is 9.78 Å². The largest absolute Gasteiger partial charge is 0.497 e. The van der Waals surface area contributed by atoms with Gasteiger partial charge in [0.1, 0.15) is 11.5 Å². The van der Waals surface area contributed by atoms with Crippen LogP contribution in [0.4, 0.5) is 0 Å². The lowest BCUT2D eigenvalue weighted by Gasteiger charge is -2.32. The van der Waals surface area contributed by atoms with Crippen molar-refractivity contribution in [3.63, 3.8) is 0 Å². The molecule has 3 aromatic rings. The van der Waals surface area contributed by atoms with Gasteiger partial charge in [0.05, 0.1) is 19.0 Å². The summed E-state index contributed by atoms with van der Waals surface area (Å²) < 4.78 is 12.8. The Hall–Kier alpha value is -3.42. The highest BCUT2D eigenvalue weighted by Crippen LogP contribution is 2.29. The van der Waals surface area contributed by atoms with E-state index in [2.05, 4.69) is 15.0 Å². The van der Waals surface area contributed by atoms with E-state index in [1.165, 1.54) is 0 Å². The molecule has 0 saturated carbocycles. The van der Waals surface area contributed by atoms with Gasteiger partial charge < -0.3 is 18.9 Å². The molecule has 1 saturated heterocycles. The van der Waals surface area contributed by atoms with Crippen LogP contribution in [-0.2, 0) is 7.05 Å². The van der Waals surface area contributed by atoms with Gasteiger partial charge in [0.2, 0.25) is 5.88 Å². The lowest BCUT2D eigenvalue weighted by molar-refractivity contribution is 0.0689. The Morgan fingerprint density at radius 3 is 2.90 bits per heavy atom. The van der Waals surface area contributed by atoms with Crippen molar-refractivity contribution in [3.8, 4) is 17.4 Å². The molecule has 2 aromatic heterocycles. The normalized spacial score (nSPS) is 16.5. The van der Waals surface area contributed by atoms with Crippen LogP contribution in [0.15, 0.2) is 49.1 Å². The molecule has 1 atom stereocenters. The molecule has 1 aromatic carbocycles. The standard InChI is InChI=1S/C21H23N5O3/c1-25-10-8-23-20(25)21(27)26-9-4-5-15(14-26)18-12-22-13-19(24-18)29-17-7-3-6-16(11-17)28-2/h3,6-8,10-13,15H,4-5,9,14H2,1-2H3/t15-/m1/s1. The number of hydrogen-bond acceptors (Lipinski definition) is 6. The van der Waals surface area contributed by atoms with Gasteiger partial charge in [0.25, 0.3) is 5.91 Å². The number of methoxy groups -OCH3 is 1. The van der Waals surface area contributed by atoms with Crippen molar-refractivity contribution in [2.24, 2.45) is 7.05 Å². The number of likely N-dealkylation sites (tertiary alicyclic amines) is 1. The number of hydrogen-bond donors (Lipinski definition) is 0. The Labute approximate surface area is 169 Å². The number of imidazole rings is 1. The number of aryl methyl sites for hydroxylation is 1. The molecule has 0 unspecified atom stereocenters. The van der Waals surface area contributed by atoms with E-state index < -0.39 is 0 Å². The Bertz CT molecular complexity index is 1000. The maximum absolute atomic E-state index is 12.8. The van der Waals surface area contributed by atoms with Crippen LogP contribution in [-0.4, -0.2) is 50.5 Å². The van der Waals surface area contributed by atoms with Crippen molar-refractivity contribution in [2.75, 3.05) is 20.2 Å². The summed E-state index contributed by atoms with van der Waals surface area (Å²) in [5.74, 6) is 2.26. The summed E-state index contributed by atoms with van der Waals surface area (Å²) in [5, 5.41) is 0. The third-order valence-electron chi connectivity index (χ3n) is 5.03. The molecule has 0 aliphatic carbocycles. The summed E-state index contributed by atoms with van der Waals surface area (Å²) >= 11 is 0. The molecule has 1 aliphatic rings. The molecule has 3 heterocycles. The summed E-state index contributed by atoms with van der Waals surface area (Å²) in [6.07, 6.45) is 8.60. The SMILES string of the molecule is COc1cccc(Oc2cncc([C@@H]3CCCN(C(=O)c4nccn4C)C3)n2)c1. The second kappa shape index (κ2) is 8.30. The second-order valence-corrected chi connectivity index (χ2v) is 7.02. The van der Waals surface area contributed by atoms with Crippen LogP contribution < -0.4 is 9.47 Å². The average Bonchev–Trinajstić information content (AvgIpc) is 3.19. The summed E-state index contributed by atoms with van der Waals surface area (Å²) in [5.41, 5.74) is 0.822. The molecule has 0 radical (unpaired) electrons. The number of nitrogens with zero attached hydrogens (tertiary/aromatic N) is 5. The zero-order valence-corrected chi connectivity index (χ0v) is 16.5. The zero-order valence-electron chi connectivity index (χ0n) is 16.5. The van der Waals surface area contributed by atoms with Gasteiger partial charge in [0, 0.05) is 50.7 Å². The van der Waals surface area contributed by atoms with Crippen LogP contribution in [0.2, 0.25) is 0 Å². The maximum Gasteiger partial charge on any atom is 0.289 e. The fourth-order valence-corrected chi connectivity index (χ4v) is 3.51. The highest BCUT2D eigenvalue weighted by atomic mass is 16.5. The Balaban J connectivity index is 1.48. The topological polar surface area (TPSA) is 82.4 Å². The lowest BCUT2D eigenvalue weighted by atomic mass is 9.95. The van der Waals surface area contributed by atoms with Crippen LogP contribution in [0.3, 0.4) is 0 Å². The van der Waals surface area contributed by atoms with E-state index in [9.17, 15) is 4.79 Å². The number of piperidine rings is 1. The number of rotatable bonds is 5. The minimum Gasteiger partial charge on any atom is -0.497 e. The predicted molar refractivity (Wildman–Crippen MR) is 106 cm³/mol. The highest BCUT2D eigenvalue weighted by molar-refractivity contribution is 5.90. The molecule has 1 aliphatic heterocycles. The third kappa shape index (κ3) is 4.21. The van der Waals surface area contributed by atoms with E-state index in [-0.39, 0.29) is 11.8 Å². The first-order chi connectivity index (χ1) is 14.1. The van der Waals surface area contributed by atoms with Crippen LogP contribution in [0.1, 0.15) is 35.1 Å². The second-order valence-electron chi connectivity index (χ2n) is 7.02. The van der Waals surface area contributed by atoms with Crippen molar-refractivity contribution in [1.29, 1.82) is 0 Å². The molecule has 0 bridgehead atoms. The maximum atomic E-state index is 12.8. The molecular weight excluding hydrogens is 370 g/mol. The lowest BCUT2D eigenvalue weighted by Crippen LogP contribution is -2.40. The van der Waals surface area contributed by atoms with Gasteiger partial charge in [-0.05, 0) is 25.0 Å². The molecule has 29 heavy (non-hydrogen) atoms. The number of amides is 1. The molecular formula is C21H23N5O3. The van der Waals surface area contributed by atoms with Crippen LogP contribution in [0, 0.1) is 0 Å². The summed E-state index contributed by atoms with van der Waals surface area (Å²) in [6, 6.07) is 7.34. The highest BCUT2D eigenvalue weighted by Gasteiger charge is 2.28. The van der Waals surface area contributed by atoms with E-state index in [0.717, 1.165) is 25.1 Å². The zero-order chi connectivity index (χ0) is 20.2. The van der Waals surface area contributed by atoms with E-state index >= 15 is 0 Å². The van der Waals surface area contributed by atoms with Crippen LogP contribution >= 0.6 is 0 Å². The molecule has 0 N–H and O–H groups in total. The van der Waals surface area contributed by atoms with Gasteiger partial charge in [-0.2, -0.15) is 0 Å². The van der Waals surface area contributed by atoms with E-state index in [1.807, 2.05) is 30.1 Å². The molecule has 1 fully saturated rings. The average molecular weight is 393 g/mol. The molecule has 0 spiro atoms. The first kappa shape index (κ1) is 18.9. The van der Waals surface area contributed by atoms with Crippen molar-refractivity contribution < 1.29 is 14.3 Å². The summed E-state index contributed by atoms with van der Waals surface area (Å²) in [7, 11) is 3.44. The number of ether oxygens (including phenoxy) is 2. The van der Waals surface area contributed by atoms with E-state index in [1.54, 1.807) is 42.5 Å². The van der Waals surface area contributed by atoms with Gasteiger partial charge in [0.15, 0.2) is 5.82 Å². The Morgan fingerprint density at radius 1 is 1.24 bits per heavy atom. The number of carbonyl (C=O) groups is 1. The first-order valence-electron chi connectivity index (χ1n) is 9.54. The molecule has 8 heteroatoms. The number of benzene rings is 1. The Morgan fingerprint density at radius 2 is 2.10 bits per heavy atom. The minimum absolute atomic E-state index is 0.0565. The van der Waals surface area contributed by atoms with Gasteiger partial charge in [-0.1, -0.05) is 6.07 Å². The first-order valence-corrected chi connectivity index (χ1v) is 9.54. The molecule has 150 valence electrons. The van der Waals surface area contributed by atoms with E-state index in [4.69, 9.17) is 9.47 Å². The van der Waals surface area contributed by atoms with Gasteiger partial charge in [-0.15, -0.1) is 0 Å². The smallest absolute Gasteiger partial charge is 0.289 e. The van der Waals surface area contributed by atoms with Crippen molar-refractivity contribution in [2.45, 2.75) is 18.8 Å². The summed E-state index contributed by atoms with van der Waals surface area (Å²) in [6.45, 7) is 1.30. The monoisotopic (exact) mass is 393 g/mol. The molecule has 8 nitrogen and oxygen atoms in total. The van der Waals surface area contributed by atoms with Gasteiger partial charge in [-0.25, -0.2) is 9.97 Å². The quantitative estimate of drug-likeness (QED) is 0.663. The fraction of sp³-hybridized carbons (Fsp3) is 0.333. The van der Waals surface area contributed by atoms with Crippen molar-refractivity contribution in [3.05, 3.63) is 60.6 Å². The van der Waals surface area contributed by atoms with E-state index in [0.29, 0.717) is 29.7 Å².